The van der Waals surface area contributed by atoms with Crippen LogP contribution in [0.15, 0.2) is 30.3 Å². The maximum Gasteiger partial charge on any atom is 0.264 e. The summed E-state index contributed by atoms with van der Waals surface area (Å²) in [6.07, 6.45) is 0.170. The second-order valence-corrected chi connectivity index (χ2v) is 7.39. The highest BCUT2D eigenvalue weighted by Gasteiger charge is 2.25. The Bertz CT molecular complexity index is 670. The summed E-state index contributed by atoms with van der Waals surface area (Å²) in [4.78, 5) is 17.9. The molecule has 0 aliphatic carbocycles. The normalized spacial score (nSPS) is 22.8. The lowest BCUT2D eigenvalue weighted by atomic mass is 10.2. The van der Waals surface area contributed by atoms with Gasteiger partial charge >= 0.3 is 0 Å². The number of amides is 1. The third kappa shape index (κ3) is 3.47. The largest absolute Gasteiger partial charge is 0.376 e. The van der Waals surface area contributed by atoms with Crippen LogP contribution in [0.25, 0.3) is 10.1 Å². The molecule has 2 aromatic rings. The maximum absolute atomic E-state index is 12.7. The summed E-state index contributed by atoms with van der Waals surface area (Å²) in [5.74, 6) is 0.160. The van der Waals surface area contributed by atoms with Gasteiger partial charge in [-0.1, -0.05) is 18.2 Å². The van der Waals surface area contributed by atoms with Crippen LogP contribution in [0, 0.1) is 0 Å². The van der Waals surface area contributed by atoms with Gasteiger partial charge in [-0.25, -0.2) is 0 Å². The SMILES string of the molecule is O=C(c1cc2ccccc2s1)N1CCN(C[C@@H]2COCCO2)CC1. The third-order valence-electron chi connectivity index (χ3n) is 4.64. The van der Waals surface area contributed by atoms with Crippen molar-refractivity contribution in [1.29, 1.82) is 0 Å². The molecule has 2 saturated heterocycles. The molecule has 128 valence electrons. The van der Waals surface area contributed by atoms with Gasteiger partial charge in [-0.05, 0) is 17.5 Å². The van der Waals surface area contributed by atoms with Gasteiger partial charge in [0, 0.05) is 37.4 Å². The molecule has 0 spiro atoms. The molecule has 2 fully saturated rings. The van der Waals surface area contributed by atoms with E-state index in [0.29, 0.717) is 19.8 Å². The summed E-state index contributed by atoms with van der Waals surface area (Å²) in [7, 11) is 0. The third-order valence-corrected chi connectivity index (χ3v) is 5.75. The van der Waals surface area contributed by atoms with Gasteiger partial charge in [0.15, 0.2) is 0 Å². The number of fused-ring (bicyclic) bond motifs is 1. The van der Waals surface area contributed by atoms with Crippen molar-refractivity contribution in [2.75, 3.05) is 52.5 Å². The van der Waals surface area contributed by atoms with E-state index in [4.69, 9.17) is 9.47 Å². The van der Waals surface area contributed by atoms with Crippen LogP contribution >= 0.6 is 11.3 Å². The molecule has 0 bridgehead atoms. The summed E-state index contributed by atoms with van der Waals surface area (Å²) in [6.45, 7) is 6.32. The number of nitrogens with zero attached hydrogens (tertiary/aromatic N) is 2. The van der Waals surface area contributed by atoms with Crippen LogP contribution in [0.1, 0.15) is 9.67 Å². The Morgan fingerprint density at radius 2 is 2.00 bits per heavy atom. The number of ether oxygens (including phenoxy) is 2. The van der Waals surface area contributed by atoms with Crippen LogP contribution in [-0.4, -0.2) is 74.4 Å². The first kappa shape index (κ1) is 16.0. The Balaban J connectivity index is 1.34. The van der Waals surface area contributed by atoms with Crippen molar-refractivity contribution in [3.05, 3.63) is 35.2 Å². The van der Waals surface area contributed by atoms with E-state index < -0.39 is 0 Å². The predicted octanol–water partition coefficient (Wildman–Crippen LogP) is 2.07. The van der Waals surface area contributed by atoms with Gasteiger partial charge in [-0.2, -0.15) is 0 Å². The van der Waals surface area contributed by atoms with Crippen molar-refractivity contribution < 1.29 is 14.3 Å². The molecule has 1 aromatic carbocycles. The lowest BCUT2D eigenvalue weighted by Gasteiger charge is -2.36. The first-order valence-corrected chi connectivity index (χ1v) is 9.31. The van der Waals surface area contributed by atoms with Crippen LogP contribution < -0.4 is 0 Å². The molecule has 0 saturated carbocycles. The number of rotatable bonds is 3. The molecular weight excluding hydrogens is 324 g/mol. The van der Waals surface area contributed by atoms with Gasteiger partial charge in [-0.3, -0.25) is 9.69 Å². The Morgan fingerprint density at radius 1 is 1.17 bits per heavy atom. The first-order chi connectivity index (χ1) is 11.8. The molecule has 4 rings (SSSR count). The van der Waals surface area contributed by atoms with Crippen LogP contribution in [-0.2, 0) is 9.47 Å². The molecular formula is C18H22N2O3S. The van der Waals surface area contributed by atoms with Gasteiger partial charge < -0.3 is 14.4 Å². The molecule has 1 amide bonds. The lowest BCUT2D eigenvalue weighted by Crippen LogP contribution is -2.51. The fraction of sp³-hybridized carbons (Fsp3) is 0.500. The summed E-state index contributed by atoms with van der Waals surface area (Å²) < 4.78 is 12.3. The molecule has 3 heterocycles. The number of carbonyl (C=O) groups excluding carboxylic acids is 1. The number of benzene rings is 1. The highest BCUT2D eigenvalue weighted by Crippen LogP contribution is 2.26. The minimum atomic E-state index is 0.160. The number of thiophene rings is 1. The molecule has 24 heavy (non-hydrogen) atoms. The van der Waals surface area contributed by atoms with Gasteiger partial charge in [0.05, 0.1) is 30.8 Å². The van der Waals surface area contributed by atoms with E-state index in [1.807, 2.05) is 23.1 Å². The summed E-state index contributed by atoms with van der Waals surface area (Å²) in [6, 6.07) is 10.2. The van der Waals surface area contributed by atoms with Crippen molar-refractivity contribution in [2.45, 2.75) is 6.10 Å². The van der Waals surface area contributed by atoms with Crippen molar-refractivity contribution in [1.82, 2.24) is 9.80 Å². The van der Waals surface area contributed by atoms with Gasteiger partial charge in [-0.15, -0.1) is 11.3 Å². The highest BCUT2D eigenvalue weighted by molar-refractivity contribution is 7.20. The van der Waals surface area contributed by atoms with Crippen molar-refractivity contribution in [3.63, 3.8) is 0 Å². The zero-order valence-corrected chi connectivity index (χ0v) is 14.5. The summed E-state index contributed by atoms with van der Waals surface area (Å²) in [5, 5.41) is 1.15. The van der Waals surface area contributed by atoms with Gasteiger partial charge in [0.1, 0.15) is 0 Å². The fourth-order valence-corrected chi connectivity index (χ4v) is 4.34. The van der Waals surface area contributed by atoms with Gasteiger partial charge in [0.25, 0.3) is 5.91 Å². The van der Waals surface area contributed by atoms with Crippen molar-refractivity contribution in [2.24, 2.45) is 0 Å². The minimum Gasteiger partial charge on any atom is -0.376 e. The molecule has 6 heteroatoms. The van der Waals surface area contributed by atoms with Crippen LogP contribution in [0.2, 0.25) is 0 Å². The molecule has 1 atom stereocenters. The smallest absolute Gasteiger partial charge is 0.264 e. The highest BCUT2D eigenvalue weighted by atomic mass is 32.1. The number of hydrogen-bond donors (Lipinski definition) is 0. The maximum atomic E-state index is 12.7. The molecule has 2 aliphatic heterocycles. The summed E-state index contributed by atoms with van der Waals surface area (Å²) in [5.41, 5.74) is 0. The zero-order valence-electron chi connectivity index (χ0n) is 13.6. The molecule has 0 radical (unpaired) electrons. The number of carbonyl (C=O) groups is 1. The van der Waals surface area contributed by atoms with Crippen LogP contribution in [0.4, 0.5) is 0 Å². The molecule has 5 nitrogen and oxygen atoms in total. The second-order valence-electron chi connectivity index (χ2n) is 6.31. The van der Waals surface area contributed by atoms with E-state index >= 15 is 0 Å². The molecule has 2 aliphatic rings. The Hall–Kier alpha value is -1.47. The van der Waals surface area contributed by atoms with E-state index in [-0.39, 0.29) is 12.0 Å². The first-order valence-electron chi connectivity index (χ1n) is 8.49. The van der Waals surface area contributed by atoms with Crippen LogP contribution in [0.3, 0.4) is 0 Å². The average molecular weight is 346 g/mol. The average Bonchev–Trinajstić information content (AvgIpc) is 3.07. The van der Waals surface area contributed by atoms with Crippen molar-refractivity contribution in [3.8, 4) is 0 Å². The Kier molecular flexibility index (Phi) is 4.80. The zero-order chi connectivity index (χ0) is 16.4. The second kappa shape index (κ2) is 7.19. The topological polar surface area (TPSA) is 42.0 Å². The number of hydrogen-bond acceptors (Lipinski definition) is 5. The Morgan fingerprint density at radius 3 is 2.75 bits per heavy atom. The Labute approximate surface area is 145 Å². The molecule has 1 aromatic heterocycles. The van der Waals surface area contributed by atoms with E-state index in [0.717, 1.165) is 43.0 Å². The minimum absolute atomic E-state index is 0.160. The van der Waals surface area contributed by atoms with E-state index in [1.165, 1.54) is 4.70 Å². The summed E-state index contributed by atoms with van der Waals surface area (Å²) >= 11 is 1.59. The van der Waals surface area contributed by atoms with E-state index in [9.17, 15) is 4.79 Å². The predicted molar refractivity (Wildman–Crippen MR) is 94.7 cm³/mol. The fourth-order valence-electron chi connectivity index (χ4n) is 3.31. The van der Waals surface area contributed by atoms with Crippen molar-refractivity contribution >= 4 is 27.3 Å². The van der Waals surface area contributed by atoms with E-state index in [2.05, 4.69) is 17.0 Å². The monoisotopic (exact) mass is 346 g/mol. The number of piperazine rings is 1. The quantitative estimate of drug-likeness (QED) is 0.853. The molecule has 0 N–H and O–H groups in total. The van der Waals surface area contributed by atoms with Crippen LogP contribution in [0.5, 0.6) is 0 Å². The lowest BCUT2D eigenvalue weighted by molar-refractivity contribution is -0.0994. The molecule has 0 unspecified atom stereocenters. The van der Waals surface area contributed by atoms with Gasteiger partial charge in [0.2, 0.25) is 0 Å². The standard InChI is InChI=1S/C18H22N2O3S/c21-18(17-11-14-3-1-2-4-16(14)24-17)20-7-5-19(6-8-20)12-15-13-22-9-10-23-15/h1-4,11,15H,5-10,12-13H2/t15-/m1/s1. The van der Waals surface area contributed by atoms with E-state index in [1.54, 1.807) is 11.3 Å².